The second-order valence-electron chi connectivity index (χ2n) is 1.71. The molecule has 0 amide bonds. The lowest BCUT2D eigenvalue weighted by molar-refractivity contribution is -0.387. The van der Waals surface area contributed by atoms with Crippen LogP contribution in [-0.2, 0) is 0 Å². The number of benzene rings is 1. The van der Waals surface area contributed by atoms with E-state index >= 15 is 0 Å². The molecule has 0 spiro atoms. The van der Waals surface area contributed by atoms with Crippen LogP contribution in [0.15, 0.2) is 24.3 Å². The van der Waals surface area contributed by atoms with E-state index in [1.165, 1.54) is 12.1 Å². The summed E-state index contributed by atoms with van der Waals surface area (Å²) in [6.45, 7) is 0. The van der Waals surface area contributed by atoms with Crippen LogP contribution in [0.3, 0.4) is 0 Å². The largest absolute Gasteiger partial charge is 0.304 e. The molecule has 0 aliphatic rings. The molecule has 0 unspecified atom stereocenters. The van der Waals surface area contributed by atoms with Crippen LogP contribution in [0.25, 0.3) is 0 Å². The first-order valence-electron chi connectivity index (χ1n) is 2.61. The molecule has 1 aromatic rings. The molecule has 60 valence electrons. The smallest absolute Gasteiger partial charge is 0.269 e. The molecule has 11 heavy (non-hydrogen) atoms. The number of hydrogen-bond donors (Lipinski definition) is 0. The predicted molar refractivity (Wildman–Crippen MR) is 35.6 cm³/mol. The third-order valence-corrected chi connectivity index (χ3v) is 1.05. The minimum atomic E-state index is -0.799. The van der Waals surface area contributed by atoms with Crippen molar-refractivity contribution in [2.24, 2.45) is 0 Å². The summed E-state index contributed by atoms with van der Waals surface area (Å²) in [5.74, 6) is -0.799. The first-order valence-corrected chi connectivity index (χ1v) is 2.61. The Bertz CT molecular complexity index is 265. The van der Waals surface area contributed by atoms with E-state index in [2.05, 4.69) is 0 Å². The zero-order chi connectivity index (χ0) is 7.56. The van der Waals surface area contributed by atoms with Crippen LogP contribution >= 0.6 is 0 Å². The Balaban J connectivity index is 0.000001000. The van der Waals surface area contributed by atoms with Crippen molar-refractivity contribution in [1.82, 2.24) is 0 Å². The first-order chi connectivity index (χ1) is 4.72. The minimum Gasteiger partial charge on any atom is -0.269 e. The molecule has 1 rings (SSSR count). The van der Waals surface area contributed by atoms with Crippen LogP contribution in [0.5, 0.6) is 0 Å². The van der Waals surface area contributed by atoms with Crippen molar-refractivity contribution in [2.75, 3.05) is 0 Å². The van der Waals surface area contributed by atoms with Crippen molar-refractivity contribution < 1.29 is 14.0 Å². The summed E-state index contributed by atoms with van der Waals surface area (Å²) in [5, 5.41) is 9.99. The van der Waals surface area contributed by atoms with Crippen molar-refractivity contribution in [2.45, 2.75) is 0 Å². The van der Waals surface area contributed by atoms with Crippen LogP contribution in [-0.4, -0.2) is 4.92 Å². The van der Waals surface area contributed by atoms with E-state index in [0.29, 0.717) is 0 Å². The fraction of sp³-hybridized carbons (Fsp3) is 0. The van der Waals surface area contributed by atoms with Gasteiger partial charge in [0.2, 0.25) is 5.82 Å². The number of nitrogens with zero attached hydrogens (tertiary/aromatic N) is 1. The maximum absolute atomic E-state index is 12.4. The third-order valence-electron chi connectivity index (χ3n) is 1.05. The fourth-order valence-corrected chi connectivity index (χ4v) is 0.600. The van der Waals surface area contributed by atoms with Gasteiger partial charge < -0.3 is 0 Å². The van der Waals surface area contributed by atoms with E-state index in [-0.39, 0.29) is 4.70 Å². The van der Waals surface area contributed by atoms with Crippen LogP contribution in [0.4, 0.5) is 14.8 Å². The summed E-state index contributed by atoms with van der Waals surface area (Å²) in [5.41, 5.74) is -0.484. The van der Waals surface area contributed by atoms with Gasteiger partial charge >= 0.3 is 5.69 Å². The van der Waals surface area contributed by atoms with Crippen molar-refractivity contribution >= 4 is 5.69 Å². The Kier molecular flexibility index (Phi) is 3.10. The number of hydrogen-bond acceptors (Lipinski definition) is 2. The van der Waals surface area contributed by atoms with Gasteiger partial charge in [0, 0.05) is 6.07 Å². The van der Waals surface area contributed by atoms with E-state index in [9.17, 15) is 14.5 Å². The molecule has 0 saturated heterocycles. The van der Waals surface area contributed by atoms with Gasteiger partial charge in [-0.1, -0.05) is 12.1 Å². The molecule has 0 aromatic heterocycles. The molecule has 0 aliphatic carbocycles. The average Bonchev–Trinajstić information content (AvgIpc) is 1.88. The predicted octanol–water partition coefficient (Wildman–Crippen LogP) is 1.89. The number of nitro groups is 1. The molecule has 0 fully saturated rings. The van der Waals surface area contributed by atoms with Crippen molar-refractivity contribution in [3.63, 3.8) is 0 Å². The lowest BCUT2D eigenvalue weighted by Crippen LogP contribution is -1.90. The second kappa shape index (κ2) is 3.60. The highest BCUT2D eigenvalue weighted by Gasteiger charge is 2.09. The number of halogens is 2. The minimum absolute atomic E-state index is 0. The highest BCUT2D eigenvalue weighted by molar-refractivity contribution is 5.30. The molecule has 5 heteroatoms. The van der Waals surface area contributed by atoms with E-state index in [4.69, 9.17) is 0 Å². The van der Waals surface area contributed by atoms with Gasteiger partial charge in [0.05, 0.1) is 4.92 Å². The summed E-state index contributed by atoms with van der Waals surface area (Å²) < 4.78 is 12.4. The Morgan fingerprint density at radius 1 is 1.36 bits per heavy atom. The van der Waals surface area contributed by atoms with Crippen LogP contribution in [0, 0.1) is 15.9 Å². The summed E-state index contributed by atoms with van der Waals surface area (Å²) in [6.07, 6.45) is 0. The molecular weight excluding hydrogens is 156 g/mol. The van der Waals surface area contributed by atoms with Crippen LogP contribution in [0.1, 0.15) is 0 Å². The average molecular weight is 161 g/mol. The quantitative estimate of drug-likeness (QED) is 0.466. The Hall–Kier alpha value is -1.52. The van der Waals surface area contributed by atoms with Crippen molar-refractivity contribution in [3.05, 3.63) is 40.2 Å². The number of rotatable bonds is 1. The Morgan fingerprint density at radius 3 is 2.27 bits per heavy atom. The SMILES string of the molecule is F.O=[N+]([O-])c1ccccc1F. The molecular formula is C6H5F2NO2. The van der Waals surface area contributed by atoms with Gasteiger partial charge in [0.25, 0.3) is 0 Å². The van der Waals surface area contributed by atoms with Gasteiger partial charge in [-0.25, -0.2) is 0 Å². The van der Waals surface area contributed by atoms with Crippen LogP contribution in [0.2, 0.25) is 0 Å². The van der Waals surface area contributed by atoms with Crippen molar-refractivity contribution in [1.29, 1.82) is 0 Å². The van der Waals surface area contributed by atoms with Gasteiger partial charge in [0.1, 0.15) is 0 Å². The van der Waals surface area contributed by atoms with Crippen molar-refractivity contribution in [3.8, 4) is 0 Å². The Labute approximate surface area is 61.0 Å². The highest BCUT2D eigenvalue weighted by atomic mass is 19.1. The molecule has 0 aliphatic heterocycles. The monoisotopic (exact) mass is 161 g/mol. The summed E-state index contributed by atoms with van der Waals surface area (Å²) in [7, 11) is 0. The van der Waals surface area contributed by atoms with Gasteiger partial charge in [-0.05, 0) is 6.07 Å². The number of para-hydroxylation sites is 1. The fourth-order valence-electron chi connectivity index (χ4n) is 0.600. The summed E-state index contributed by atoms with van der Waals surface area (Å²) in [4.78, 5) is 9.23. The lowest BCUT2D eigenvalue weighted by Gasteiger charge is -1.89. The summed E-state index contributed by atoms with van der Waals surface area (Å²) in [6, 6.07) is 5.00. The van der Waals surface area contributed by atoms with E-state index in [1.807, 2.05) is 0 Å². The lowest BCUT2D eigenvalue weighted by atomic mass is 10.3. The first kappa shape index (κ1) is 9.48. The zero-order valence-electron chi connectivity index (χ0n) is 5.36. The number of nitro benzene ring substituents is 1. The molecule has 0 heterocycles. The van der Waals surface area contributed by atoms with E-state index in [0.717, 1.165) is 12.1 Å². The molecule has 0 radical (unpaired) electrons. The zero-order valence-corrected chi connectivity index (χ0v) is 5.36. The standard InChI is InChI=1S/C6H4FNO2.FH/c7-5-3-1-2-4-6(5)8(9)10;/h1-4H;1H. The molecule has 3 nitrogen and oxygen atoms in total. The van der Waals surface area contributed by atoms with Gasteiger partial charge in [-0.2, -0.15) is 4.39 Å². The maximum Gasteiger partial charge on any atom is 0.304 e. The van der Waals surface area contributed by atoms with Gasteiger partial charge in [-0.15, -0.1) is 0 Å². The molecule has 1 aromatic carbocycles. The van der Waals surface area contributed by atoms with Gasteiger partial charge in [-0.3, -0.25) is 14.8 Å². The Morgan fingerprint density at radius 2 is 1.91 bits per heavy atom. The molecule has 0 N–H and O–H groups in total. The molecule has 0 bridgehead atoms. The van der Waals surface area contributed by atoms with Crippen LogP contribution < -0.4 is 0 Å². The second-order valence-corrected chi connectivity index (χ2v) is 1.71. The molecule has 0 atom stereocenters. The highest BCUT2D eigenvalue weighted by Crippen LogP contribution is 2.14. The third kappa shape index (κ3) is 1.96. The maximum atomic E-state index is 12.4. The van der Waals surface area contributed by atoms with Gasteiger partial charge in [0.15, 0.2) is 0 Å². The topological polar surface area (TPSA) is 43.1 Å². The normalized spacial score (nSPS) is 8.45. The van der Waals surface area contributed by atoms with E-state index in [1.54, 1.807) is 0 Å². The summed E-state index contributed by atoms with van der Waals surface area (Å²) >= 11 is 0. The van der Waals surface area contributed by atoms with E-state index < -0.39 is 16.4 Å². The molecule has 0 saturated carbocycles.